The molecule has 0 saturated heterocycles. The van der Waals surface area contributed by atoms with Crippen LogP contribution in [0.2, 0.25) is 0 Å². The largest absolute Gasteiger partial charge is 0.466 e. The van der Waals surface area contributed by atoms with Gasteiger partial charge in [-0.2, -0.15) is 0 Å². The van der Waals surface area contributed by atoms with Crippen LogP contribution in [0.15, 0.2) is 36.5 Å². The van der Waals surface area contributed by atoms with E-state index in [1.807, 2.05) is 0 Å². The molecule has 0 saturated carbocycles. The van der Waals surface area contributed by atoms with Crippen molar-refractivity contribution in [3.63, 3.8) is 0 Å². The Kier molecular flexibility index (Phi) is 54.1. The fraction of sp³-hybridized carbons (Fsp3) is 0.867. The highest BCUT2D eigenvalue weighted by atomic mass is 16.5. The molecule has 0 heterocycles. The molecule has 0 rings (SSSR count). The zero-order valence-electron chi connectivity index (χ0n) is 44.2. The molecular formula is C60H113NO5. The van der Waals surface area contributed by atoms with E-state index < -0.39 is 12.1 Å². The number of unbranched alkanes of at least 4 members (excludes halogenated alkanes) is 37. The molecule has 0 spiro atoms. The Morgan fingerprint density at radius 1 is 0.424 bits per heavy atom. The van der Waals surface area contributed by atoms with E-state index in [1.54, 1.807) is 0 Å². The number of carbonyl (C=O) groups is 2. The van der Waals surface area contributed by atoms with Crippen LogP contribution in [0.5, 0.6) is 0 Å². The number of aliphatic hydroxyl groups excluding tert-OH is 2. The van der Waals surface area contributed by atoms with Crippen molar-refractivity contribution in [2.24, 2.45) is 0 Å². The molecule has 66 heavy (non-hydrogen) atoms. The fourth-order valence-corrected chi connectivity index (χ4v) is 8.90. The van der Waals surface area contributed by atoms with Crippen molar-refractivity contribution in [1.29, 1.82) is 0 Å². The minimum atomic E-state index is -0.674. The third-order valence-corrected chi connectivity index (χ3v) is 13.4. The van der Waals surface area contributed by atoms with Gasteiger partial charge in [0.15, 0.2) is 0 Å². The van der Waals surface area contributed by atoms with Crippen LogP contribution in [-0.4, -0.2) is 47.4 Å². The average Bonchev–Trinajstić information content (AvgIpc) is 3.32. The molecule has 388 valence electrons. The van der Waals surface area contributed by atoms with Gasteiger partial charge in [-0.25, -0.2) is 0 Å². The Bertz CT molecular complexity index is 1070. The number of nitrogens with one attached hydrogen (secondary N) is 1. The molecule has 2 unspecified atom stereocenters. The number of amides is 1. The summed E-state index contributed by atoms with van der Waals surface area (Å²) in [6.07, 6.45) is 68.4. The van der Waals surface area contributed by atoms with Gasteiger partial charge in [-0.15, -0.1) is 0 Å². The van der Waals surface area contributed by atoms with Crippen LogP contribution in [0.25, 0.3) is 0 Å². The van der Waals surface area contributed by atoms with Crippen molar-refractivity contribution < 1.29 is 24.5 Å². The van der Waals surface area contributed by atoms with Crippen LogP contribution >= 0.6 is 0 Å². The first-order chi connectivity index (χ1) is 32.5. The fourth-order valence-electron chi connectivity index (χ4n) is 8.90. The summed E-state index contributed by atoms with van der Waals surface area (Å²) in [5.41, 5.74) is 0. The first-order valence-electron chi connectivity index (χ1n) is 29.2. The van der Waals surface area contributed by atoms with Gasteiger partial charge >= 0.3 is 5.97 Å². The summed E-state index contributed by atoms with van der Waals surface area (Å²) in [5.74, 6) is -0.0597. The summed E-state index contributed by atoms with van der Waals surface area (Å²) >= 11 is 0. The molecule has 2 atom stereocenters. The second kappa shape index (κ2) is 55.7. The first kappa shape index (κ1) is 64.1. The number of carbonyl (C=O) groups excluding carboxylic acids is 2. The van der Waals surface area contributed by atoms with E-state index in [1.165, 1.54) is 205 Å². The van der Waals surface area contributed by atoms with Gasteiger partial charge in [0.1, 0.15) is 0 Å². The van der Waals surface area contributed by atoms with E-state index in [2.05, 4.69) is 55.6 Å². The maximum atomic E-state index is 12.5. The van der Waals surface area contributed by atoms with Crippen LogP contribution in [0.1, 0.15) is 309 Å². The van der Waals surface area contributed by atoms with Gasteiger partial charge in [-0.1, -0.05) is 249 Å². The van der Waals surface area contributed by atoms with Crippen molar-refractivity contribution in [2.45, 2.75) is 321 Å². The topological polar surface area (TPSA) is 95.9 Å². The third-order valence-electron chi connectivity index (χ3n) is 13.4. The number of esters is 1. The summed E-state index contributed by atoms with van der Waals surface area (Å²) in [6.45, 7) is 4.91. The van der Waals surface area contributed by atoms with Gasteiger partial charge in [0, 0.05) is 12.8 Å². The lowest BCUT2D eigenvalue weighted by Crippen LogP contribution is -2.45. The summed E-state index contributed by atoms with van der Waals surface area (Å²) in [7, 11) is 0. The SMILES string of the molecule is CCCCC/C=C\C/C=C\CCCCCCCC(=O)OCCCCCCCCCCC/C=C\CCCCCCCC(=O)NC(CO)C(O)CCCCCCCCCCCCCCCCCC. The van der Waals surface area contributed by atoms with E-state index in [0.717, 1.165) is 70.6 Å². The second-order valence-electron chi connectivity index (χ2n) is 20.0. The van der Waals surface area contributed by atoms with Crippen LogP contribution in [0.4, 0.5) is 0 Å². The Balaban J connectivity index is 3.46. The van der Waals surface area contributed by atoms with Gasteiger partial charge < -0.3 is 20.3 Å². The molecule has 0 aliphatic rings. The molecule has 6 nitrogen and oxygen atoms in total. The summed E-state index contributed by atoms with van der Waals surface area (Å²) in [5, 5.41) is 23.3. The van der Waals surface area contributed by atoms with Crippen LogP contribution in [-0.2, 0) is 14.3 Å². The standard InChI is InChI=1S/C60H113NO5/c1-3-5-7-9-11-13-15-17-19-25-28-32-36-40-44-48-52-58(63)57(56-62)61-59(64)53-49-45-41-37-33-29-26-22-20-21-23-27-31-35-39-43-47-51-55-66-60(65)54-50-46-42-38-34-30-24-18-16-14-12-10-8-6-4-2/h12,14,18,22,24,26,57-58,62-63H,3-11,13,15-17,19-21,23,25,27-56H2,1-2H3,(H,61,64)/b14-12-,24-18-,26-22-. The molecule has 1 amide bonds. The maximum Gasteiger partial charge on any atom is 0.305 e. The predicted molar refractivity (Wildman–Crippen MR) is 287 cm³/mol. The molecule has 6 heteroatoms. The van der Waals surface area contributed by atoms with Crippen LogP contribution in [0, 0.1) is 0 Å². The molecule has 0 aliphatic carbocycles. The summed E-state index contributed by atoms with van der Waals surface area (Å²) < 4.78 is 5.47. The minimum Gasteiger partial charge on any atom is -0.466 e. The van der Waals surface area contributed by atoms with E-state index in [9.17, 15) is 19.8 Å². The number of hydrogen-bond acceptors (Lipinski definition) is 5. The number of ether oxygens (including phenoxy) is 1. The van der Waals surface area contributed by atoms with Gasteiger partial charge in [0.25, 0.3) is 0 Å². The highest BCUT2D eigenvalue weighted by molar-refractivity contribution is 5.76. The van der Waals surface area contributed by atoms with E-state index in [4.69, 9.17) is 4.74 Å². The predicted octanol–water partition coefficient (Wildman–Crippen LogP) is 18.0. The zero-order valence-corrected chi connectivity index (χ0v) is 44.2. The minimum absolute atomic E-state index is 0.0111. The van der Waals surface area contributed by atoms with Gasteiger partial charge in [-0.05, 0) is 83.5 Å². The second-order valence-corrected chi connectivity index (χ2v) is 20.0. The zero-order chi connectivity index (χ0) is 47.9. The average molecular weight is 929 g/mol. The summed E-state index contributed by atoms with van der Waals surface area (Å²) in [6, 6.07) is -0.552. The molecule has 0 aromatic rings. The first-order valence-corrected chi connectivity index (χ1v) is 29.2. The lowest BCUT2D eigenvalue weighted by atomic mass is 10.0. The molecule has 0 radical (unpaired) electrons. The Morgan fingerprint density at radius 2 is 0.758 bits per heavy atom. The molecule has 0 fully saturated rings. The Hall–Kier alpha value is -1.92. The summed E-state index contributed by atoms with van der Waals surface area (Å²) in [4.78, 5) is 24.5. The normalized spacial score (nSPS) is 12.8. The number of hydrogen-bond donors (Lipinski definition) is 3. The quantitative estimate of drug-likeness (QED) is 0.0321. The molecular weight excluding hydrogens is 815 g/mol. The molecule has 0 bridgehead atoms. The Labute approximate surface area is 411 Å². The third kappa shape index (κ3) is 51.5. The highest BCUT2D eigenvalue weighted by Gasteiger charge is 2.20. The van der Waals surface area contributed by atoms with Crippen molar-refractivity contribution >= 4 is 11.9 Å². The van der Waals surface area contributed by atoms with Crippen molar-refractivity contribution in [2.75, 3.05) is 13.2 Å². The lowest BCUT2D eigenvalue weighted by molar-refractivity contribution is -0.143. The number of aliphatic hydroxyl groups is 2. The molecule has 3 N–H and O–H groups in total. The Morgan fingerprint density at radius 3 is 1.20 bits per heavy atom. The number of allylic oxidation sites excluding steroid dienone is 6. The molecule has 0 aliphatic heterocycles. The molecule has 0 aromatic carbocycles. The highest BCUT2D eigenvalue weighted by Crippen LogP contribution is 2.17. The van der Waals surface area contributed by atoms with Crippen molar-refractivity contribution in [3.05, 3.63) is 36.5 Å². The maximum absolute atomic E-state index is 12.5. The lowest BCUT2D eigenvalue weighted by Gasteiger charge is -2.22. The number of rotatable bonds is 54. The van der Waals surface area contributed by atoms with Gasteiger partial charge in [-0.3, -0.25) is 9.59 Å². The molecule has 0 aromatic heterocycles. The van der Waals surface area contributed by atoms with Crippen molar-refractivity contribution in [3.8, 4) is 0 Å². The van der Waals surface area contributed by atoms with E-state index in [0.29, 0.717) is 25.9 Å². The van der Waals surface area contributed by atoms with Crippen LogP contribution in [0.3, 0.4) is 0 Å². The van der Waals surface area contributed by atoms with Gasteiger partial charge in [0.2, 0.25) is 5.91 Å². The van der Waals surface area contributed by atoms with Crippen LogP contribution < -0.4 is 5.32 Å². The van der Waals surface area contributed by atoms with E-state index >= 15 is 0 Å². The van der Waals surface area contributed by atoms with Crippen molar-refractivity contribution in [1.82, 2.24) is 5.32 Å². The van der Waals surface area contributed by atoms with Gasteiger partial charge in [0.05, 0.1) is 25.4 Å². The smallest absolute Gasteiger partial charge is 0.305 e. The monoisotopic (exact) mass is 928 g/mol. The van der Waals surface area contributed by atoms with E-state index in [-0.39, 0.29) is 18.5 Å².